The van der Waals surface area contributed by atoms with Crippen LogP contribution in [0.25, 0.3) is 0 Å². The van der Waals surface area contributed by atoms with Crippen molar-refractivity contribution in [2.24, 2.45) is 0 Å². The molecule has 0 aliphatic carbocycles. The summed E-state index contributed by atoms with van der Waals surface area (Å²) in [4.78, 5) is 12.5. The first-order valence-electron chi connectivity index (χ1n) is 7.94. The van der Waals surface area contributed by atoms with Crippen LogP contribution in [0.3, 0.4) is 0 Å². The number of nitrogens with zero attached hydrogens (tertiary/aromatic N) is 1. The number of hydrogen-bond donors (Lipinski definition) is 2. The molecule has 1 aliphatic rings. The van der Waals surface area contributed by atoms with Crippen LogP contribution in [0.2, 0.25) is 0 Å². The van der Waals surface area contributed by atoms with E-state index in [9.17, 15) is 4.79 Å². The molecule has 1 fully saturated rings. The van der Waals surface area contributed by atoms with E-state index in [1.165, 1.54) is 0 Å². The maximum atomic E-state index is 12.5. The maximum absolute atomic E-state index is 12.5. The summed E-state index contributed by atoms with van der Waals surface area (Å²) in [6.45, 7) is 6.37. The average Bonchev–Trinajstić information content (AvgIpc) is 2.97. The Labute approximate surface area is 121 Å². The van der Waals surface area contributed by atoms with E-state index in [0.717, 1.165) is 50.9 Å². The van der Waals surface area contributed by atoms with E-state index < -0.39 is 0 Å². The van der Waals surface area contributed by atoms with Gasteiger partial charge in [-0.25, -0.2) is 0 Å². The van der Waals surface area contributed by atoms with Gasteiger partial charge in [-0.15, -0.1) is 0 Å². The summed E-state index contributed by atoms with van der Waals surface area (Å²) in [6.07, 6.45) is 7.39. The van der Waals surface area contributed by atoms with Gasteiger partial charge >= 0.3 is 0 Å². The van der Waals surface area contributed by atoms with Gasteiger partial charge in [0.25, 0.3) is 5.91 Å². The Balaban J connectivity index is 2.04. The number of hydrogen-bond acceptors (Lipinski definition) is 2. The molecule has 112 valence electrons. The molecule has 1 atom stereocenters. The van der Waals surface area contributed by atoms with Gasteiger partial charge in [-0.1, -0.05) is 20.3 Å². The molecule has 1 amide bonds. The number of carbonyl (C=O) groups is 1. The van der Waals surface area contributed by atoms with Gasteiger partial charge in [-0.2, -0.15) is 0 Å². The molecule has 0 radical (unpaired) electrons. The summed E-state index contributed by atoms with van der Waals surface area (Å²) in [6, 6.07) is 4.68. The Morgan fingerprint density at radius 2 is 2.20 bits per heavy atom. The molecule has 2 heterocycles. The number of aromatic nitrogens is 1. The van der Waals surface area contributed by atoms with Crippen LogP contribution in [0.1, 0.15) is 62.5 Å². The molecule has 4 nitrogen and oxygen atoms in total. The van der Waals surface area contributed by atoms with E-state index in [0.29, 0.717) is 12.1 Å². The minimum Gasteiger partial charge on any atom is -0.348 e. The van der Waals surface area contributed by atoms with Gasteiger partial charge in [0.1, 0.15) is 5.69 Å². The van der Waals surface area contributed by atoms with E-state index in [-0.39, 0.29) is 5.91 Å². The van der Waals surface area contributed by atoms with Crippen LogP contribution in [0.15, 0.2) is 18.3 Å². The van der Waals surface area contributed by atoms with E-state index in [2.05, 4.69) is 29.0 Å². The van der Waals surface area contributed by atoms with Crippen molar-refractivity contribution >= 4 is 5.91 Å². The molecule has 1 saturated heterocycles. The molecule has 2 rings (SSSR count). The van der Waals surface area contributed by atoms with Gasteiger partial charge in [0.2, 0.25) is 0 Å². The summed E-state index contributed by atoms with van der Waals surface area (Å²) < 4.78 is 2.16. The molecular formula is C16H27N3O. The van der Waals surface area contributed by atoms with Crippen LogP contribution in [-0.2, 0) is 0 Å². The van der Waals surface area contributed by atoms with Gasteiger partial charge < -0.3 is 15.2 Å². The number of amides is 1. The first-order chi connectivity index (χ1) is 9.76. The molecule has 4 heteroatoms. The molecule has 2 N–H and O–H groups in total. The van der Waals surface area contributed by atoms with Crippen LogP contribution < -0.4 is 10.6 Å². The topological polar surface area (TPSA) is 46.1 Å². The minimum atomic E-state index is 0.0776. The Morgan fingerprint density at radius 3 is 2.85 bits per heavy atom. The summed E-state index contributed by atoms with van der Waals surface area (Å²) in [5, 5.41) is 6.54. The fourth-order valence-corrected chi connectivity index (χ4v) is 2.98. The molecule has 0 saturated carbocycles. The zero-order chi connectivity index (χ0) is 14.4. The zero-order valence-corrected chi connectivity index (χ0v) is 12.7. The SMILES string of the molecule is CCCC(CC)NC(=O)c1cccn1C1CCNCC1. The first kappa shape index (κ1) is 15.1. The lowest BCUT2D eigenvalue weighted by Gasteiger charge is -2.26. The normalized spacial score (nSPS) is 17.9. The number of piperidine rings is 1. The van der Waals surface area contributed by atoms with Crippen LogP contribution in [-0.4, -0.2) is 29.6 Å². The quantitative estimate of drug-likeness (QED) is 0.840. The third-order valence-electron chi connectivity index (χ3n) is 4.18. The standard InChI is InChI=1S/C16H27N3O/c1-3-6-13(4-2)18-16(20)15-7-5-12-19(15)14-8-10-17-11-9-14/h5,7,12-14,17H,3-4,6,8-11H2,1-2H3,(H,18,20). The van der Waals surface area contributed by atoms with Crippen molar-refractivity contribution in [2.45, 2.75) is 58.0 Å². The third kappa shape index (κ3) is 3.63. The molecule has 1 aliphatic heterocycles. The third-order valence-corrected chi connectivity index (χ3v) is 4.18. The highest BCUT2D eigenvalue weighted by molar-refractivity contribution is 5.93. The molecule has 1 aromatic rings. The molecular weight excluding hydrogens is 250 g/mol. The summed E-state index contributed by atoms with van der Waals surface area (Å²) in [5.74, 6) is 0.0776. The molecule has 1 unspecified atom stereocenters. The lowest BCUT2D eigenvalue weighted by Crippen LogP contribution is -2.37. The largest absolute Gasteiger partial charge is 0.348 e. The molecule has 0 aromatic carbocycles. The summed E-state index contributed by atoms with van der Waals surface area (Å²) in [5.41, 5.74) is 0.812. The fourth-order valence-electron chi connectivity index (χ4n) is 2.98. The van der Waals surface area contributed by atoms with Gasteiger partial charge in [-0.3, -0.25) is 4.79 Å². The van der Waals surface area contributed by atoms with Crippen molar-refractivity contribution in [3.05, 3.63) is 24.0 Å². The van der Waals surface area contributed by atoms with Crippen molar-refractivity contribution in [2.75, 3.05) is 13.1 Å². The molecule has 0 spiro atoms. The highest BCUT2D eigenvalue weighted by atomic mass is 16.2. The summed E-state index contributed by atoms with van der Waals surface area (Å²) >= 11 is 0. The Hall–Kier alpha value is -1.29. The molecule has 20 heavy (non-hydrogen) atoms. The van der Waals surface area contributed by atoms with E-state index in [1.807, 2.05) is 18.3 Å². The highest BCUT2D eigenvalue weighted by Crippen LogP contribution is 2.21. The van der Waals surface area contributed by atoms with Crippen molar-refractivity contribution in [1.82, 2.24) is 15.2 Å². The lowest BCUT2D eigenvalue weighted by atomic mass is 10.1. The second-order valence-corrected chi connectivity index (χ2v) is 5.65. The summed E-state index contributed by atoms with van der Waals surface area (Å²) in [7, 11) is 0. The smallest absolute Gasteiger partial charge is 0.268 e. The first-order valence-corrected chi connectivity index (χ1v) is 7.94. The Morgan fingerprint density at radius 1 is 1.45 bits per heavy atom. The van der Waals surface area contributed by atoms with Gasteiger partial charge in [-0.05, 0) is 50.9 Å². The van der Waals surface area contributed by atoms with Crippen molar-refractivity contribution in [3.8, 4) is 0 Å². The van der Waals surface area contributed by atoms with Gasteiger partial charge in [0.15, 0.2) is 0 Å². The monoisotopic (exact) mass is 277 g/mol. The van der Waals surface area contributed by atoms with Crippen molar-refractivity contribution in [3.63, 3.8) is 0 Å². The highest BCUT2D eigenvalue weighted by Gasteiger charge is 2.20. The number of rotatable bonds is 6. The number of nitrogens with one attached hydrogen (secondary N) is 2. The van der Waals surface area contributed by atoms with Gasteiger partial charge in [0, 0.05) is 18.3 Å². The zero-order valence-electron chi connectivity index (χ0n) is 12.7. The predicted octanol–water partition coefficient (Wildman–Crippen LogP) is 2.72. The lowest BCUT2D eigenvalue weighted by molar-refractivity contribution is 0.0920. The van der Waals surface area contributed by atoms with E-state index in [4.69, 9.17) is 0 Å². The second kappa shape index (κ2) is 7.48. The molecule has 1 aromatic heterocycles. The van der Waals surface area contributed by atoms with Crippen LogP contribution in [0.5, 0.6) is 0 Å². The fraction of sp³-hybridized carbons (Fsp3) is 0.688. The Bertz CT molecular complexity index is 421. The van der Waals surface area contributed by atoms with Gasteiger partial charge in [0.05, 0.1) is 0 Å². The minimum absolute atomic E-state index is 0.0776. The maximum Gasteiger partial charge on any atom is 0.268 e. The van der Waals surface area contributed by atoms with E-state index >= 15 is 0 Å². The van der Waals surface area contributed by atoms with E-state index in [1.54, 1.807) is 0 Å². The predicted molar refractivity (Wildman–Crippen MR) is 82.0 cm³/mol. The number of carbonyl (C=O) groups excluding carboxylic acids is 1. The second-order valence-electron chi connectivity index (χ2n) is 5.65. The van der Waals surface area contributed by atoms with Crippen LogP contribution >= 0.6 is 0 Å². The molecule has 0 bridgehead atoms. The van der Waals surface area contributed by atoms with Crippen molar-refractivity contribution < 1.29 is 4.79 Å². The Kier molecular flexibility index (Phi) is 5.65. The van der Waals surface area contributed by atoms with Crippen LogP contribution in [0, 0.1) is 0 Å². The van der Waals surface area contributed by atoms with Crippen LogP contribution in [0.4, 0.5) is 0 Å². The average molecular weight is 277 g/mol. The van der Waals surface area contributed by atoms with Crippen molar-refractivity contribution in [1.29, 1.82) is 0 Å².